The lowest BCUT2D eigenvalue weighted by molar-refractivity contribution is -0.138. The van der Waals surface area contributed by atoms with Crippen molar-refractivity contribution in [3.8, 4) is 0 Å². The van der Waals surface area contributed by atoms with Crippen molar-refractivity contribution in [2.24, 2.45) is 0 Å². The first-order valence-electron chi connectivity index (χ1n) is 3.24. The van der Waals surface area contributed by atoms with E-state index in [1.54, 1.807) is 14.1 Å². The summed E-state index contributed by atoms with van der Waals surface area (Å²) in [5, 5.41) is 6.98. The van der Waals surface area contributed by atoms with Crippen LogP contribution in [0.25, 0.3) is 0 Å². The molecule has 0 aromatic carbocycles. The van der Waals surface area contributed by atoms with E-state index in [9.17, 15) is 13.2 Å². The van der Waals surface area contributed by atoms with Gasteiger partial charge in [-0.2, -0.15) is 13.2 Å². The van der Waals surface area contributed by atoms with Crippen LogP contribution in [0.15, 0.2) is 0 Å². The average Bonchev–Trinajstić information content (AvgIpc) is 2.32. The highest BCUT2D eigenvalue weighted by Crippen LogP contribution is 2.32. The minimum absolute atomic E-state index is 0.123. The highest BCUT2D eigenvalue weighted by atomic mass is 32.1. The van der Waals surface area contributed by atoms with Crippen molar-refractivity contribution >= 4 is 16.5 Å². The van der Waals surface area contributed by atoms with Gasteiger partial charge in [0.05, 0.1) is 0 Å². The molecule has 0 saturated heterocycles. The first-order valence-corrected chi connectivity index (χ1v) is 4.06. The SMILES string of the molecule is CN(C)Nc1nnc(C(F)(F)F)s1. The molecule has 0 spiro atoms. The third-order valence-electron chi connectivity index (χ3n) is 0.987. The zero-order chi connectivity index (χ0) is 10.1. The summed E-state index contributed by atoms with van der Waals surface area (Å²) in [5.74, 6) is 0. The van der Waals surface area contributed by atoms with E-state index < -0.39 is 11.2 Å². The number of hydrazine groups is 1. The van der Waals surface area contributed by atoms with Crippen LogP contribution in [0.4, 0.5) is 18.3 Å². The third kappa shape index (κ3) is 2.81. The van der Waals surface area contributed by atoms with Gasteiger partial charge in [-0.15, -0.1) is 10.2 Å². The maximum absolute atomic E-state index is 12.0. The molecule has 0 fully saturated rings. The molecule has 1 aromatic heterocycles. The molecular formula is C5H7F3N4S. The highest BCUT2D eigenvalue weighted by Gasteiger charge is 2.35. The number of aromatic nitrogens is 2. The van der Waals surface area contributed by atoms with Crippen LogP contribution in [0.2, 0.25) is 0 Å². The van der Waals surface area contributed by atoms with Crippen LogP contribution in [0.1, 0.15) is 5.01 Å². The van der Waals surface area contributed by atoms with Gasteiger partial charge in [-0.05, 0) is 0 Å². The van der Waals surface area contributed by atoms with Crippen molar-refractivity contribution in [2.45, 2.75) is 6.18 Å². The van der Waals surface area contributed by atoms with Crippen LogP contribution in [0.3, 0.4) is 0 Å². The molecule has 0 aliphatic heterocycles. The van der Waals surface area contributed by atoms with E-state index in [2.05, 4.69) is 15.6 Å². The number of rotatable bonds is 2. The molecule has 0 aliphatic carbocycles. The smallest absolute Gasteiger partial charge is 0.293 e. The van der Waals surface area contributed by atoms with Crippen LogP contribution in [-0.4, -0.2) is 29.3 Å². The maximum atomic E-state index is 12.0. The summed E-state index contributed by atoms with van der Waals surface area (Å²) < 4.78 is 36.0. The monoisotopic (exact) mass is 212 g/mol. The van der Waals surface area contributed by atoms with Gasteiger partial charge in [0, 0.05) is 14.1 Å². The molecule has 1 N–H and O–H groups in total. The normalized spacial score (nSPS) is 12.2. The van der Waals surface area contributed by atoms with E-state index in [-0.39, 0.29) is 5.13 Å². The fraction of sp³-hybridized carbons (Fsp3) is 0.600. The minimum atomic E-state index is -4.41. The minimum Gasteiger partial charge on any atom is -0.293 e. The molecule has 1 heterocycles. The molecule has 8 heteroatoms. The number of hydrogen-bond acceptors (Lipinski definition) is 5. The summed E-state index contributed by atoms with van der Waals surface area (Å²) in [6.07, 6.45) is -4.41. The number of halogens is 3. The first kappa shape index (κ1) is 10.2. The molecule has 0 aliphatic rings. The van der Waals surface area contributed by atoms with Crippen molar-refractivity contribution in [1.82, 2.24) is 15.2 Å². The van der Waals surface area contributed by atoms with Gasteiger partial charge < -0.3 is 0 Å². The predicted octanol–water partition coefficient (Wildman–Crippen LogP) is 1.45. The van der Waals surface area contributed by atoms with Crippen molar-refractivity contribution < 1.29 is 13.2 Å². The second-order valence-electron chi connectivity index (χ2n) is 2.42. The van der Waals surface area contributed by atoms with E-state index >= 15 is 0 Å². The zero-order valence-corrected chi connectivity index (χ0v) is 7.70. The third-order valence-corrected chi connectivity index (χ3v) is 1.86. The second-order valence-corrected chi connectivity index (χ2v) is 3.39. The lowest BCUT2D eigenvalue weighted by Crippen LogP contribution is -2.19. The number of alkyl halides is 3. The summed E-state index contributed by atoms with van der Waals surface area (Å²) in [6, 6.07) is 0. The van der Waals surface area contributed by atoms with Crippen molar-refractivity contribution in [3.05, 3.63) is 5.01 Å². The quantitative estimate of drug-likeness (QED) is 0.753. The van der Waals surface area contributed by atoms with Gasteiger partial charge >= 0.3 is 6.18 Å². The van der Waals surface area contributed by atoms with Gasteiger partial charge in [0.1, 0.15) is 0 Å². The Morgan fingerprint density at radius 3 is 2.31 bits per heavy atom. The Hall–Kier alpha value is -0.890. The van der Waals surface area contributed by atoms with Crippen LogP contribution in [0.5, 0.6) is 0 Å². The van der Waals surface area contributed by atoms with Crippen LogP contribution < -0.4 is 5.43 Å². The summed E-state index contributed by atoms with van der Waals surface area (Å²) in [5.41, 5.74) is 2.58. The van der Waals surface area contributed by atoms with Crippen molar-refractivity contribution in [1.29, 1.82) is 0 Å². The molecule has 13 heavy (non-hydrogen) atoms. The lowest BCUT2D eigenvalue weighted by Gasteiger charge is -2.08. The Morgan fingerprint density at radius 1 is 1.31 bits per heavy atom. The van der Waals surface area contributed by atoms with E-state index in [0.717, 1.165) is 0 Å². The number of hydrogen-bond donors (Lipinski definition) is 1. The van der Waals surface area contributed by atoms with Crippen molar-refractivity contribution in [2.75, 3.05) is 19.5 Å². The molecule has 0 amide bonds. The van der Waals surface area contributed by atoms with Gasteiger partial charge in [-0.25, -0.2) is 5.01 Å². The molecule has 0 unspecified atom stereocenters. The Kier molecular flexibility index (Phi) is 2.71. The van der Waals surface area contributed by atoms with E-state index in [4.69, 9.17) is 0 Å². The van der Waals surface area contributed by atoms with Gasteiger partial charge in [0.15, 0.2) is 0 Å². The molecule has 0 saturated carbocycles. The Labute approximate surface area is 76.4 Å². The van der Waals surface area contributed by atoms with Crippen LogP contribution in [-0.2, 0) is 6.18 Å². The molecule has 0 atom stereocenters. The molecule has 74 valence electrons. The van der Waals surface area contributed by atoms with Gasteiger partial charge in [0.2, 0.25) is 10.1 Å². The average molecular weight is 212 g/mol. The predicted molar refractivity (Wildman–Crippen MR) is 42.2 cm³/mol. The summed E-state index contributed by atoms with van der Waals surface area (Å²) >= 11 is 0.468. The number of nitrogens with zero attached hydrogens (tertiary/aromatic N) is 3. The topological polar surface area (TPSA) is 41.0 Å². The maximum Gasteiger partial charge on any atom is 0.445 e. The van der Waals surface area contributed by atoms with Crippen LogP contribution in [0, 0.1) is 0 Å². The van der Waals surface area contributed by atoms with Crippen LogP contribution >= 0.6 is 11.3 Å². The second kappa shape index (κ2) is 3.46. The van der Waals surface area contributed by atoms with Gasteiger partial charge in [0.25, 0.3) is 0 Å². The lowest BCUT2D eigenvalue weighted by atomic mass is 10.7. The summed E-state index contributed by atoms with van der Waals surface area (Å²) in [4.78, 5) is 0. The standard InChI is InChI=1S/C5H7F3N4S/c1-12(2)11-4-10-9-3(13-4)5(6,7)8/h1-2H3,(H,10,11). The summed E-state index contributed by atoms with van der Waals surface area (Å²) in [6.45, 7) is 0. The first-order chi connectivity index (χ1) is 5.89. The fourth-order valence-corrected chi connectivity index (χ4v) is 1.26. The largest absolute Gasteiger partial charge is 0.445 e. The Morgan fingerprint density at radius 2 is 1.92 bits per heavy atom. The molecule has 1 rings (SSSR count). The molecular weight excluding hydrogens is 205 g/mol. The fourth-order valence-electron chi connectivity index (χ4n) is 0.574. The zero-order valence-electron chi connectivity index (χ0n) is 6.88. The molecule has 0 radical (unpaired) electrons. The highest BCUT2D eigenvalue weighted by molar-refractivity contribution is 7.15. The summed E-state index contributed by atoms with van der Waals surface area (Å²) in [7, 11) is 3.29. The Balaban J connectivity index is 2.75. The Bertz CT molecular complexity index is 282. The van der Waals surface area contributed by atoms with Gasteiger partial charge in [-0.3, -0.25) is 5.43 Å². The van der Waals surface area contributed by atoms with E-state index in [1.807, 2.05) is 0 Å². The number of anilines is 1. The molecule has 0 bridgehead atoms. The molecule has 4 nitrogen and oxygen atoms in total. The van der Waals surface area contributed by atoms with Crippen molar-refractivity contribution in [3.63, 3.8) is 0 Å². The van der Waals surface area contributed by atoms with Gasteiger partial charge in [-0.1, -0.05) is 11.3 Å². The van der Waals surface area contributed by atoms with E-state index in [1.165, 1.54) is 5.01 Å². The molecule has 1 aromatic rings. The van der Waals surface area contributed by atoms with E-state index in [0.29, 0.717) is 11.3 Å². The number of nitrogens with one attached hydrogen (secondary N) is 1.